The molecule has 0 aromatic heterocycles. The van der Waals surface area contributed by atoms with E-state index in [9.17, 15) is 5.11 Å². The van der Waals surface area contributed by atoms with Gasteiger partial charge in [-0.1, -0.05) is 24.3 Å². The van der Waals surface area contributed by atoms with Crippen molar-refractivity contribution < 1.29 is 9.84 Å². The molecule has 1 aromatic carbocycles. The van der Waals surface area contributed by atoms with Gasteiger partial charge in [-0.2, -0.15) is 0 Å². The summed E-state index contributed by atoms with van der Waals surface area (Å²) in [6.45, 7) is 2.47. The van der Waals surface area contributed by atoms with Crippen molar-refractivity contribution in [3.8, 4) is 0 Å². The predicted molar refractivity (Wildman–Crippen MR) is 57.2 cm³/mol. The van der Waals surface area contributed by atoms with Crippen LogP contribution in [0.25, 0.3) is 0 Å². The van der Waals surface area contributed by atoms with Crippen LogP contribution in [0.4, 0.5) is 0 Å². The Labute approximate surface area is 85.5 Å². The van der Waals surface area contributed by atoms with Crippen molar-refractivity contribution in [2.24, 2.45) is 0 Å². The molecule has 0 spiro atoms. The van der Waals surface area contributed by atoms with Crippen LogP contribution < -0.4 is 0 Å². The molecule has 0 aliphatic heterocycles. The van der Waals surface area contributed by atoms with Gasteiger partial charge < -0.3 is 9.84 Å². The number of hydrogen-bond donors (Lipinski definition) is 1. The van der Waals surface area contributed by atoms with Crippen molar-refractivity contribution >= 4 is 0 Å². The van der Waals surface area contributed by atoms with E-state index in [1.165, 1.54) is 11.1 Å². The molecule has 0 aliphatic rings. The van der Waals surface area contributed by atoms with Crippen LogP contribution in [0.2, 0.25) is 0 Å². The van der Waals surface area contributed by atoms with E-state index in [1.54, 1.807) is 7.11 Å². The monoisotopic (exact) mass is 194 g/mol. The van der Waals surface area contributed by atoms with Crippen molar-refractivity contribution in [2.75, 3.05) is 7.11 Å². The number of rotatable bonds is 5. The van der Waals surface area contributed by atoms with Crippen LogP contribution in [0, 0.1) is 0 Å². The molecule has 0 radical (unpaired) electrons. The molecule has 1 aromatic rings. The predicted octanol–water partition coefficient (Wildman–Crippen LogP) is 2.15. The summed E-state index contributed by atoms with van der Waals surface area (Å²) < 4.78 is 5.11. The van der Waals surface area contributed by atoms with Crippen LogP contribution >= 0.6 is 0 Å². The van der Waals surface area contributed by atoms with Gasteiger partial charge >= 0.3 is 0 Å². The Kier molecular flexibility index (Phi) is 4.63. The summed E-state index contributed by atoms with van der Waals surface area (Å²) in [4.78, 5) is 0. The highest BCUT2D eigenvalue weighted by atomic mass is 16.5. The smallest absolute Gasteiger partial charge is 0.0715 e. The molecule has 1 unspecified atom stereocenters. The molecule has 0 heterocycles. The summed E-state index contributed by atoms with van der Waals surface area (Å²) in [5.41, 5.74) is 2.49. The zero-order chi connectivity index (χ0) is 10.4. The Morgan fingerprint density at radius 1 is 1.29 bits per heavy atom. The molecule has 1 N–H and O–H groups in total. The number of hydrogen-bond acceptors (Lipinski definition) is 2. The third-order valence-corrected chi connectivity index (χ3v) is 2.25. The number of aliphatic hydroxyl groups excluding tert-OH is 1. The summed E-state index contributed by atoms with van der Waals surface area (Å²) >= 11 is 0. The normalized spacial score (nSPS) is 12.8. The Balaban J connectivity index is 2.64. The average Bonchev–Trinajstić information content (AvgIpc) is 2.17. The van der Waals surface area contributed by atoms with Crippen LogP contribution in [-0.4, -0.2) is 18.3 Å². The number of methoxy groups -OCH3 is 1. The summed E-state index contributed by atoms with van der Waals surface area (Å²) in [5.74, 6) is 0. The second kappa shape index (κ2) is 5.78. The molecule has 1 rings (SSSR count). The van der Waals surface area contributed by atoms with Gasteiger partial charge in [0, 0.05) is 7.11 Å². The zero-order valence-corrected chi connectivity index (χ0v) is 8.86. The van der Waals surface area contributed by atoms with Crippen molar-refractivity contribution in [1.29, 1.82) is 0 Å². The lowest BCUT2D eigenvalue weighted by atomic mass is 10.0. The van der Waals surface area contributed by atoms with Crippen LogP contribution in [0.15, 0.2) is 24.3 Å². The van der Waals surface area contributed by atoms with Crippen LogP contribution in [0.3, 0.4) is 0 Å². The molecule has 2 heteroatoms. The fourth-order valence-electron chi connectivity index (χ4n) is 1.46. The van der Waals surface area contributed by atoms with E-state index in [0.717, 1.165) is 12.8 Å². The van der Waals surface area contributed by atoms with Gasteiger partial charge in [0.2, 0.25) is 0 Å². The zero-order valence-electron chi connectivity index (χ0n) is 8.86. The average molecular weight is 194 g/mol. The van der Waals surface area contributed by atoms with Crippen molar-refractivity contribution in [3.63, 3.8) is 0 Å². The van der Waals surface area contributed by atoms with Gasteiger partial charge in [0.25, 0.3) is 0 Å². The fourth-order valence-corrected chi connectivity index (χ4v) is 1.46. The SMILES string of the molecule is COCc1ccccc1CCC(C)O. The van der Waals surface area contributed by atoms with E-state index in [2.05, 4.69) is 12.1 Å². The second-order valence-electron chi connectivity index (χ2n) is 3.59. The Hall–Kier alpha value is -0.860. The molecule has 0 bridgehead atoms. The quantitative estimate of drug-likeness (QED) is 0.778. The first kappa shape index (κ1) is 11.2. The molecule has 2 nitrogen and oxygen atoms in total. The van der Waals surface area contributed by atoms with E-state index in [0.29, 0.717) is 6.61 Å². The lowest BCUT2D eigenvalue weighted by Crippen LogP contribution is -2.03. The molecule has 1 atom stereocenters. The van der Waals surface area contributed by atoms with E-state index in [1.807, 2.05) is 19.1 Å². The highest BCUT2D eigenvalue weighted by Gasteiger charge is 2.02. The standard InChI is InChI=1S/C12H18O2/c1-10(13)7-8-11-5-3-4-6-12(11)9-14-2/h3-6,10,13H,7-9H2,1-2H3. The van der Waals surface area contributed by atoms with Crippen LogP contribution in [0.1, 0.15) is 24.5 Å². The van der Waals surface area contributed by atoms with E-state index < -0.39 is 0 Å². The number of ether oxygens (including phenoxy) is 1. The van der Waals surface area contributed by atoms with Gasteiger partial charge in [-0.25, -0.2) is 0 Å². The fraction of sp³-hybridized carbons (Fsp3) is 0.500. The molecular weight excluding hydrogens is 176 g/mol. The first-order valence-electron chi connectivity index (χ1n) is 4.98. The summed E-state index contributed by atoms with van der Waals surface area (Å²) in [6, 6.07) is 8.20. The lowest BCUT2D eigenvalue weighted by molar-refractivity contribution is 0.179. The van der Waals surface area contributed by atoms with E-state index in [4.69, 9.17) is 4.74 Å². The number of aliphatic hydroxyl groups is 1. The van der Waals surface area contributed by atoms with E-state index >= 15 is 0 Å². The van der Waals surface area contributed by atoms with Gasteiger partial charge in [0.05, 0.1) is 12.7 Å². The summed E-state index contributed by atoms with van der Waals surface area (Å²) in [6.07, 6.45) is 1.49. The van der Waals surface area contributed by atoms with Crippen molar-refractivity contribution in [3.05, 3.63) is 35.4 Å². The molecule has 0 fully saturated rings. The number of benzene rings is 1. The molecule has 0 aliphatic carbocycles. The molecule has 0 saturated heterocycles. The summed E-state index contributed by atoms with van der Waals surface area (Å²) in [5, 5.41) is 9.20. The van der Waals surface area contributed by atoms with Gasteiger partial charge in [0.15, 0.2) is 0 Å². The molecule has 14 heavy (non-hydrogen) atoms. The third kappa shape index (κ3) is 3.48. The number of aryl methyl sites for hydroxylation is 1. The van der Waals surface area contributed by atoms with Gasteiger partial charge in [0.1, 0.15) is 0 Å². The Morgan fingerprint density at radius 3 is 2.50 bits per heavy atom. The maximum atomic E-state index is 9.20. The van der Waals surface area contributed by atoms with Crippen LogP contribution in [0.5, 0.6) is 0 Å². The van der Waals surface area contributed by atoms with Gasteiger partial charge in [-0.15, -0.1) is 0 Å². The van der Waals surface area contributed by atoms with Crippen LogP contribution in [-0.2, 0) is 17.8 Å². The lowest BCUT2D eigenvalue weighted by Gasteiger charge is -2.09. The summed E-state index contributed by atoms with van der Waals surface area (Å²) in [7, 11) is 1.70. The largest absolute Gasteiger partial charge is 0.393 e. The maximum absolute atomic E-state index is 9.20. The van der Waals surface area contributed by atoms with Crippen molar-refractivity contribution in [2.45, 2.75) is 32.5 Å². The minimum absolute atomic E-state index is 0.231. The van der Waals surface area contributed by atoms with Gasteiger partial charge in [-0.05, 0) is 30.9 Å². The molecule has 78 valence electrons. The highest BCUT2D eigenvalue weighted by Crippen LogP contribution is 2.12. The topological polar surface area (TPSA) is 29.5 Å². The molecular formula is C12H18O2. The first-order valence-corrected chi connectivity index (χ1v) is 4.98. The molecule has 0 saturated carbocycles. The first-order chi connectivity index (χ1) is 6.74. The van der Waals surface area contributed by atoms with Gasteiger partial charge in [-0.3, -0.25) is 0 Å². The Morgan fingerprint density at radius 2 is 1.93 bits per heavy atom. The third-order valence-electron chi connectivity index (χ3n) is 2.25. The maximum Gasteiger partial charge on any atom is 0.0715 e. The minimum Gasteiger partial charge on any atom is -0.393 e. The Bertz CT molecular complexity index is 269. The highest BCUT2D eigenvalue weighted by molar-refractivity contribution is 5.26. The second-order valence-corrected chi connectivity index (χ2v) is 3.59. The van der Waals surface area contributed by atoms with E-state index in [-0.39, 0.29) is 6.10 Å². The molecule has 0 amide bonds. The minimum atomic E-state index is -0.231. The van der Waals surface area contributed by atoms with Crippen molar-refractivity contribution in [1.82, 2.24) is 0 Å².